The predicted octanol–water partition coefficient (Wildman–Crippen LogP) is 1.15. The maximum Gasteiger partial charge on any atom is 0.290 e. The van der Waals surface area contributed by atoms with E-state index >= 15 is 0 Å². The number of para-hydroxylation sites is 1. The smallest absolute Gasteiger partial charge is 0.290 e. The van der Waals surface area contributed by atoms with Gasteiger partial charge in [-0.25, -0.2) is 0 Å². The van der Waals surface area contributed by atoms with Crippen LogP contribution in [0.2, 0.25) is 0 Å². The molecule has 3 aliphatic heterocycles. The summed E-state index contributed by atoms with van der Waals surface area (Å²) in [5.74, 6) is 1.02. The van der Waals surface area contributed by atoms with E-state index in [1.165, 1.54) is 0 Å². The fourth-order valence-electron chi connectivity index (χ4n) is 5.39. The summed E-state index contributed by atoms with van der Waals surface area (Å²) in [6, 6.07) is 7.66. The normalized spacial score (nSPS) is 28.9. The highest BCUT2D eigenvalue weighted by Crippen LogP contribution is 2.55. The summed E-state index contributed by atoms with van der Waals surface area (Å²) in [5.41, 5.74) is 1.37. The Morgan fingerprint density at radius 2 is 2.03 bits per heavy atom. The molecule has 1 N–H and O–H groups in total. The van der Waals surface area contributed by atoms with Crippen LogP contribution in [-0.2, 0) is 9.53 Å². The van der Waals surface area contributed by atoms with Crippen LogP contribution in [-0.4, -0.2) is 87.5 Å². The van der Waals surface area contributed by atoms with Crippen LogP contribution in [0.25, 0.3) is 5.69 Å². The summed E-state index contributed by atoms with van der Waals surface area (Å²) >= 11 is 0. The highest BCUT2D eigenvalue weighted by Gasteiger charge is 2.63. The molecule has 2 bridgehead atoms. The number of benzene rings is 1. The topological polar surface area (TPSA) is 101 Å². The molecule has 1 amide bonds. The number of carbonyl (C=O) groups is 2. The van der Waals surface area contributed by atoms with Crippen LogP contribution in [0.5, 0.6) is 0 Å². The van der Waals surface area contributed by atoms with Gasteiger partial charge in [0.1, 0.15) is 12.7 Å². The minimum atomic E-state index is -0.250. The summed E-state index contributed by atoms with van der Waals surface area (Å²) in [6.45, 7) is 2.26. The number of rotatable bonds is 4. The minimum absolute atomic E-state index is 0.0683. The van der Waals surface area contributed by atoms with Crippen molar-refractivity contribution in [1.29, 1.82) is 0 Å². The number of amides is 1. The first-order chi connectivity index (χ1) is 14.5. The second-order valence-electron chi connectivity index (χ2n) is 8.47. The lowest BCUT2D eigenvalue weighted by molar-refractivity contribution is -0.122. The summed E-state index contributed by atoms with van der Waals surface area (Å²) in [5, 5.41) is 14.6. The number of carboxylic acid groups (broad SMARTS) is 1. The van der Waals surface area contributed by atoms with Crippen LogP contribution in [0.1, 0.15) is 23.2 Å². The van der Waals surface area contributed by atoms with Gasteiger partial charge in [0, 0.05) is 24.9 Å². The van der Waals surface area contributed by atoms with Crippen LogP contribution in [0.4, 0.5) is 0 Å². The predicted molar refractivity (Wildman–Crippen MR) is 108 cm³/mol. The fourth-order valence-corrected chi connectivity index (χ4v) is 5.39. The number of carbonyl (C=O) groups excluding carboxylic acids is 1. The van der Waals surface area contributed by atoms with Gasteiger partial charge in [0.25, 0.3) is 12.4 Å². The van der Waals surface area contributed by atoms with Gasteiger partial charge in [-0.15, -0.1) is 10.2 Å². The lowest BCUT2D eigenvalue weighted by Crippen LogP contribution is -2.40. The van der Waals surface area contributed by atoms with E-state index in [9.17, 15) is 4.79 Å². The van der Waals surface area contributed by atoms with Crippen molar-refractivity contribution >= 4 is 12.4 Å². The number of fused-ring (bicyclic) bond motifs is 1. The molecule has 1 aromatic carbocycles. The van der Waals surface area contributed by atoms with E-state index in [1.54, 1.807) is 17.2 Å². The molecule has 1 aromatic heterocycles. The fraction of sp³-hybridized carbons (Fsp3) is 0.524. The molecule has 5 rings (SSSR count). The van der Waals surface area contributed by atoms with Crippen LogP contribution < -0.4 is 0 Å². The lowest BCUT2D eigenvalue weighted by atomic mass is 9.73. The highest BCUT2D eigenvalue weighted by molar-refractivity contribution is 5.98. The molecule has 160 valence electrons. The van der Waals surface area contributed by atoms with Crippen molar-refractivity contribution in [1.82, 2.24) is 24.6 Å². The van der Waals surface area contributed by atoms with Crippen molar-refractivity contribution in [2.24, 2.45) is 11.8 Å². The molecule has 0 aliphatic carbocycles. The Hall–Kier alpha value is -2.78. The zero-order chi connectivity index (χ0) is 21.3. The van der Waals surface area contributed by atoms with Crippen LogP contribution in [0, 0.1) is 11.8 Å². The van der Waals surface area contributed by atoms with Gasteiger partial charge in [-0.2, -0.15) is 0 Å². The van der Waals surface area contributed by atoms with Crippen molar-refractivity contribution in [2.45, 2.75) is 24.5 Å². The SMILES string of the molecule is CN(C)C[C@H]1[C@@H]2CC[C@@]3(CN(C(=O)c4ccccc4-n4cnnc4)C[C@@H]13)O2.O=CO. The van der Waals surface area contributed by atoms with E-state index in [4.69, 9.17) is 14.6 Å². The first kappa shape index (κ1) is 20.5. The van der Waals surface area contributed by atoms with E-state index in [0.717, 1.165) is 31.6 Å². The number of hydrogen-bond acceptors (Lipinski definition) is 6. The van der Waals surface area contributed by atoms with Crippen molar-refractivity contribution in [3.63, 3.8) is 0 Å². The number of hydrogen-bond donors (Lipinski definition) is 1. The lowest BCUT2D eigenvalue weighted by Gasteiger charge is -2.30. The Labute approximate surface area is 175 Å². The Morgan fingerprint density at radius 3 is 2.73 bits per heavy atom. The number of ether oxygens (including phenoxy) is 1. The van der Waals surface area contributed by atoms with Gasteiger partial charge in [0.15, 0.2) is 0 Å². The number of likely N-dealkylation sites (tertiary alicyclic amines) is 1. The Morgan fingerprint density at radius 1 is 1.33 bits per heavy atom. The van der Waals surface area contributed by atoms with Crippen molar-refractivity contribution in [2.75, 3.05) is 33.7 Å². The quantitative estimate of drug-likeness (QED) is 0.751. The number of aromatic nitrogens is 3. The molecule has 0 saturated carbocycles. The van der Waals surface area contributed by atoms with Crippen molar-refractivity contribution in [3.8, 4) is 5.69 Å². The third kappa shape index (κ3) is 3.48. The molecule has 2 aromatic rings. The summed E-state index contributed by atoms with van der Waals surface area (Å²) in [4.78, 5) is 26.0. The van der Waals surface area contributed by atoms with E-state index < -0.39 is 0 Å². The third-order valence-electron chi connectivity index (χ3n) is 6.48. The second-order valence-corrected chi connectivity index (χ2v) is 8.47. The molecule has 0 unspecified atom stereocenters. The first-order valence-electron chi connectivity index (χ1n) is 10.1. The number of nitrogens with zero attached hydrogens (tertiary/aromatic N) is 5. The monoisotopic (exact) mass is 413 g/mol. The van der Waals surface area contributed by atoms with Gasteiger partial charge < -0.3 is 19.6 Å². The van der Waals surface area contributed by atoms with Crippen LogP contribution >= 0.6 is 0 Å². The molecule has 4 heterocycles. The third-order valence-corrected chi connectivity index (χ3v) is 6.48. The van der Waals surface area contributed by atoms with Crippen LogP contribution in [0.15, 0.2) is 36.9 Å². The summed E-state index contributed by atoms with van der Waals surface area (Å²) in [6.07, 6.45) is 5.80. The van der Waals surface area contributed by atoms with Crippen molar-refractivity contribution < 1.29 is 19.4 Å². The molecule has 9 heteroatoms. The zero-order valence-electron chi connectivity index (χ0n) is 17.2. The van der Waals surface area contributed by atoms with Gasteiger partial charge in [-0.1, -0.05) is 12.1 Å². The molecule has 3 fully saturated rings. The van der Waals surface area contributed by atoms with Gasteiger partial charge in [0.05, 0.1) is 29.5 Å². The van der Waals surface area contributed by atoms with Crippen molar-refractivity contribution in [3.05, 3.63) is 42.5 Å². The summed E-state index contributed by atoms with van der Waals surface area (Å²) in [7, 11) is 4.23. The molecule has 0 radical (unpaired) electrons. The molecule has 4 atom stereocenters. The largest absolute Gasteiger partial charge is 0.483 e. The molecule has 30 heavy (non-hydrogen) atoms. The Kier molecular flexibility index (Phi) is 5.57. The maximum absolute atomic E-state index is 13.4. The van der Waals surface area contributed by atoms with E-state index in [1.807, 2.05) is 29.2 Å². The van der Waals surface area contributed by atoms with E-state index in [0.29, 0.717) is 30.0 Å². The second kappa shape index (κ2) is 8.16. The molecule has 1 spiro atoms. The minimum Gasteiger partial charge on any atom is -0.483 e. The molecule has 9 nitrogen and oxygen atoms in total. The Balaban J connectivity index is 0.000000687. The average Bonchev–Trinajstić information content (AvgIpc) is 3.50. The van der Waals surface area contributed by atoms with Gasteiger partial charge in [0.2, 0.25) is 0 Å². The van der Waals surface area contributed by atoms with Gasteiger partial charge in [-0.05, 0) is 39.1 Å². The van der Waals surface area contributed by atoms with E-state index in [2.05, 4.69) is 29.2 Å². The van der Waals surface area contributed by atoms with Gasteiger partial charge in [-0.3, -0.25) is 14.2 Å². The standard InChI is InChI=1S/C20H25N5O2.CH2O2/c1-23(2)9-15-16-10-24(11-20(16)8-7-18(15)27-20)19(26)14-5-3-4-6-17(14)25-12-21-22-13-25;2-1-3/h3-6,12-13,15-16,18H,7-11H2,1-2H3;1H,(H,2,3)/t15-,16+,18+,20+;/m1./s1. The molecule has 3 saturated heterocycles. The molecule has 3 aliphatic rings. The van der Waals surface area contributed by atoms with E-state index in [-0.39, 0.29) is 18.0 Å². The maximum atomic E-state index is 13.4. The molecular weight excluding hydrogens is 386 g/mol. The first-order valence-corrected chi connectivity index (χ1v) is 10.1. The average molecular weight is 413 g/mol. The highest BCUT2D eigenvalue weighted by atomic mass is 16.5. The summed E-state index contributed by atoms with van der Waals surface area (Å²) < 4.78 is 8.26. The van der Waals surface area contributed by atoms with Crippen LogP contribution in [0.3, 0.4) is 0 Å². The zero-order valence-corrected chi connectivity index (χ0v) is 17.2. The Bertz CT molecular complexity index is 903. The molecular formula is C21H27N5O4. The van der Waals surface area contributed by atoms with Gasteiger partial charge >= 0.3 is 0 Å².